The fourth-order valence-corrected chi connectivity index (χ4v) is 2.17. The third kappa shape index (κ3) is 4.85. The first-order chi connectivity index (χ1) is 10.8. The predicted octanol–water partition coefficient (Wildman–Crippen LogP) is 1.13. The van der Waals surface area contributed by atoms with Crippen LogP contribution in [0.1, 0.15) is 10.4 Å². The van der Waals surface area contributed by atoms with Gasteiger partial charge in [0.2, 0.25) is 0 Å². The molecule has 23 heavy (non-hydrogen) atoms. The highest BCUT2D eigenvalue weighted by Crippen LogP contribution is 2.20. The van der Waals surface area contributed by atoms with E-state index in [0.29, 0.717) is 13.1 Å². The van der Waals surface area contributed by atoms with Gasteiger partial charge in [0, 0.05) is 25.2 Å². The summed E-state index contributed by atoms with van der Waals surface area (Å²) in [6.07, 6.45) is -4.47. The number of alkyl halides is 3. The van der Waals surface area contributed by atoms with Crippen LogP contribution in [0.2, 0.25) is 0 Å². The summed E-state index contributed by atoms with van der Waals surface area (Å²) in [5.41, 5.74) is 0.149. The number of benzene rings is 1. The molecule has 1 aromatic rings. The van der Waals surface area contributed by atoms with E-state index in [-0.39, 0.29) is 17.9 Å². The van der Waals surface area contributed by atoms with E-state index in [4.69, 9.17) is 5.11 Å². The van der Waals surface area contributed by atoms with Crippen molar-refractivity contribution in [1.82, 2.24) is 10.2 Å². The molecule has 126 valence electrons. The van der Waals surface area contributed by atoms with E-state index in [0.717, 1.165) is 0 Å². The number of aliphatic carboxylic acids is 1. The van der Waals surface area contributed by atoms with Gasteiger partial charge in [0.15, 0.2) is 6.61 Å². The standard InChI is InChI=1S/C14H15F3N2O4/c15-14(16,17)8-23-10-3-1-2-9(6-10)12(20)19-5-4-18-11(7-19)13(21)22/h1-3,6,11,18H,4-5,7-8H2,(H,21,22). The number of carboxylic acids is 1. The largest absolute Gasteiger partial charge is 0.484 e. The highest BCUT2D eigenvalue weighted by atomic mass is 19.4. The Bertz CT molecular complexity index is 592. The third-order valence-electron chi connectivity index (χ3n) is 3.24. The SMILES string of the molecule is O=C(O)C1CN(C(=O)c2cccc(OCC(F)(F)F)c2)CCN1. The molecule has 2 rings (SSSR count). The Morgan fingerprint density at radius 1 is 1.39 bits per heavy atom. The topological polar surface area (TPSA) is 78.9 Å². The number of carbonyl (C=O) groups excluding carboxylic acids is 1. The Kier molecular flexibility index (Phi) is 5.09. The molecule has 0 radical (unpaired) electrons. The van der Waals surface area contributed by atoms with Gasteiger partial charge in [-0.05, 0) is 18.2 Å². The van der Waals surface area contributed by atoms with Crippen molar-refractivity contribution in [2.75, 3.05) is 26.2 Å². The Labute approximate surface area is 129 Å². The highest BCUT2D eigenvalue weighted by molar-refractivity contribution is 5.95. The monoisotopic (exact) mass is 332 g/mol. The molecule has 1 aliphatic rings. The lowest BCUT2D eigenvalue weighted by Gasteiger charge is -2.31. The normalized spacial score (nSPS) is 18.6. The first kappa shape index (κ1) is 17.1. The summed E-state index contributed by atoms with van der Waals surface area (Å²) < 4.78 is 41.0. The molecule has 1 aliphatic heterocycles. The van der Waals surface area contributed by atoms with Crippen LogP contribution in [0.4, 0.5) is 13.2 Å². The van der Waals surface area contributed by atoms with E-state index in [1.165, 1.54) is 29.2 Å². The first-order valence-electron chi connectivity index (χ1n) is 6.81. The van der Waals surface area contributed by atoms with Gasteiger partial charge in [0.05, 0.1) is 0 Å². The van der Waals surface area contributed by atoms with Gasteiger partial charge in [0.1, 0.15) is 11.8 Å². The molecule has 2 N–H and O–H groups in total. The average molecular weight is 332 g/mol. The summed E-state index contributed by atoms with van der Waals surface area (Å²) in [5.74, 6) is -1.59. The molecule has 9 heteroatoms. The molecule has 1 amide bonds. The zero-order valence-electron chi connectivity index (χ0n) is 12.0. The molecule has 0 aromatic heterocycles. The Morgan fingerprint density at radius 2 is 2.13 bits per heavy atom. The lowest BCUT2D eigenvalue weighted by Crippen LogP contribution is -2.55. The second-order valence-corrected chi connectivity index (χ2v) is 5.03. The third-order valence-corrected chi connectivity index (χ3v) is 3.24. The van der Waals surface area contributed by atoms with Crippen LogP contribution in [0.25, 0.3) is 0 Å². The summed E-state index contributed by atoms with van der Waals surface area (Å²) in [5, 5.41) is 11.7. The minimum Gasteiger partial charge on any atom is -0.484 e. The second kappa shape index (κ2) is 6.86. The predicted molar refractivity (Wildman–Crippen MR) is 73.3 cm³/mol. The number of piperazine rings is 1. The van der Waals surface area contributed by atoms with Crippen LogP contribution < -0.4 is 10.1 Å². The van der Waals surface area contributed by atoms with E-state index >= 15 is 0 Å². The molecule has 1 unspecified atom stereocenters. The summed E-state index contributed by atoms with van der Waals surface area (Å²) in [4.78, 5) is 24.7. The lowest BCUT2D eigenvalue weighted by atomic mass is 10.1. The Balaban J connectivity index is 2.06. The molecule has 1 heterocycles. The second-order valence-electron chi connectivity index (χ2n) is 5.03. The van der Waals surface area contributed by atoms with Crippen molar-refractivity contribution < 1.29 is 32.6 Å². The number of hydrogen-bond acceptors (Lipinski definition) is 4. The molecule has 0 saturated carbocycles. The minimum atomic E-state index is -4.47. The highest BCUT2D eigenvalue weighted by Gasteiger charge is 2.30. The van der Waals surface area contributed by atoms with Crippen LogP contribution in [0.3, 0.4) is 0 Å². The maximum absolute atomic E-state index is 12.3. The van der Waals surface area contributed by atoms with Crippen LogP contribution in [0.15, 0.2) is 24.3 Å². The van der Waals surface area contributed by atoms with E-state index in [9.17, 15) is 22.8 Å². The van der Waals surface area contributed by atoms with Gasteiger partial charge in [-0.3, -0.25) is 9.59 Å². The van der Waals surface area contributed by atoms with Gasteiger partial charge >= 0.3 is 12.1 Å². The quantitative estimate of drug-likeness (QED) is 0.864. The van der Waals surface area contributed by atoms with Crippen molar-refractivity contribution in [3.05, 3.63) is 29.8 Å². The summed E-state index contributed by atoms with van der Waals surface area (Å²) in [7, 11) is 0. The average Bonchev–Trinajstić information content (AvgIpc) is 2.52. The molecular formula is C14H15F3N2O4. The fraction of sp³-hybridized carbons (Fsp3) is 0.429. The molecule has 0 spiro atoms. The molecule has 1 fully saturated rings. The molecule has 6 nitrogen and oxygen atoms in total. The fourth-order valence-electron chi connectivity index (χ4n) is 2.17. The number of ether oxygens (including phenoxy) is 1. The summed E-state index contributed by atoms with van der Waals surface area (Å²) in [6, 6.07) is 4.53. The van der Waals surface area contributed by atoms with Crippen LogP contribution in [0.5, 0.6) is 5.75 Å². The molecule has 0 bridgehead atoms. The van der Waals surface area contributed by atoms with Crippen LogP contribution in [0, 0.1) is 0 Å². The zero-order valence-corrected chi connectivity index (χ0v) is 12.0. The van der Waals surface area contributed by atoms with Crippen LogP contribution in [-0.2, 0) is 4.79 Å². The van der Waals surface area contributed by atoms with Crippen molar-refractivity contribution in [2.24, 2.45) is 0 Å². The number of rotatable bonds is 4. The number of nitrogens with one attached hydrogen (secondary N) is 1. The number of amides is 1. The lowest BCUT2D eigenvalue weighted by molar-refractivity contribution is -0.153. The molecule has 0 aliphatic carbocycles. The maximum Gasteiger partial charge on any atom is 0.422 e. The van der Waals surface area contributed by atoms with Crippen molar-refractivity contribution in [2.45, 2.75) is 12.2 Å². The number of hydrogen-bond donors (Lipinski definition) is 2. The van der Waals surface area contributed by atoms with Gasteiger partial charge in [-0.1, -0.05) is 6.07 Å². The van der Waals surface area contributed by atoms with E-state index in [2.05, 4.69) is 10.1 Å². The number of carbonyl (C=O) groups is 2. The van der Waals surface area contributed by atoms with Crippen molar-refractivity contribution in [3.63, 3.8) is 0 Å². The molecule has 1 saturated heterocycles. The van der Waals surface area contributed by atoms with Crippen molar-refractivity contribution in [1.29, 1.82) is 0 Å². The molecular weight excluding hydrogens is 317 g/mol. The number of carboxylic acid groups (broad SMARTS) is 1. The van der Waals surface area contributed by atoms with Crippen LogP contribution >= 0.6 is 0 Å². The van der Waals surface area contributed by atoms with Gasteiger partial charge in [-0.25, -0.2) is 0 Å². The van der Waals surface area contributed by atoms with Gasteiger partial charge < -0.3 is 20.1 Å². The number of nitrogens with zero attached hydrogens (tertiary/aromatic N) is 1. The van der Waals surface area contributed by atoms with Crippen molar-refractivity contribution >= 4 is 11.9 Å². The van der Waals surface area contributed by atoms with Gasteiger partial charge in [-0.15, -0.1) is 0 Å². The van der Waals surface area contributed by atoms with E-state index in [1.807, 2.05) is 0 Å². The van der Waals surface area contributed by atoms with E-state index in [1.54, 1.807) is 0 Å². The van der Waals surface area contributed by atoms with Crippen LogP contribution in [-0.4, -0.2) is 60.3 Å². The van der Waals surface area contributed by atoms with Gasteiger partial charge in [0.25, 0.3) is 5.91 Å². The van der Waals surface area contributed by atoms with Gasteiger partial charge in [-0.2, -0.15) is 13.2 Å². The smallest absolute Gasteiger partial charge is 0.422 e. The zero-order chi connectivity index (χ0) is 17.0. The Morgan fingerprint density at radius 3 is 2.78 bits per heavy atom. The molecule has 1 atom stereocenters. The summed E-state index contributed by atoms with van der Waals surface area (Å²) in [6.45, 7) is -0.815. The maximum atomic E-state index is 12.3. The van der Waals surface area contributed by atoms with E-state index < -0.39 is 30.7 Å². The molecule has 1 aromatic carbocycles. The minimum absolute atomic E-state index is 0.0121. The first-order valence-corrected chi connectivity index (χ1v) is 6.81. The number of halogens is 3. The summed E-state index contributed by atoms with van der Waals surface area (Å²) >= 11 is 0. The Hall–Kier alpha value is -2.29. The van der Waals surface area contributed by atoms with Crippen molar-refractivity contribution in [3.8, 4) is 5.75 Å².